The summed E-state index contributed by atoms with van der Waals surface area (Å²) in [5.41, 5.74) is 6.70. The molecule has 1 aromatic carbocycles. The molecule has 3 N–H and O–H groups in total. The molecule has 1 fully saturated rings. The summed E-state index contributed by atoms with van der Waals surface area (Å²) in [6, 6.07) is 7.57. The Morgan fingerprint density at radius 1 is 1.56 bits per heavy atom. The fraction of sp³-hybridized carbons (Fsp3) is 0.417. The summed E-state index contributed by atoms with van der Waals surface area (Å²) in [4.78, 5) is 11.7. The number of benzene rings is 1. The van der Waals surface area contributed by atoms with Crippen molar-refractivity contribution in [3.05, 3.63) is 28.7 Å². The van der Waals surface area contributed by atoms with Crippen LogP contribution in [0.15, 0.2) is 28.7 Å². The van der Waals surface area contributed by atoms with Gasteiger partial charge in [-0.1, -0.05) is 22.0 Å². The molecule has 1 aromatic rings. The molecule has 0 spiro atoms. The molecular formula is C12H15BrN2O. The van der Waals surface area contributed by atoms with Gasteiger partial charge < -0.3 is 11.1 Å². The van der Waals surface area contributed by atoms with E-state index < -0.39 is 0 Å². The molecule has 0 radical (unpaired) electrons. The van der Waals surface area contributed by atoms with Crippen LogP contribution in [0.4, 0.5) is 5.69 Å². The molecule has 0 aromatic heterocycles. The van der Waals surface area contributed by atoms with Gasteiger partial charge in [0.15, 0.2) is 0 Å². The average molecular weight is 283 g/mol. The molecule has 0 heterocycles. The molecule has 1 aliphatic rings. The maximum atomic E-state index is 11.7. The topological polar surface area (TPSA) is 55.1 Å². The number of nitrogens with two attached hydrogens (primary N) is 1. The fourth-order valence-electron chi connectivity index (χ4n) is 1.68. The number of carbonyl (C=O) groups excluding carboxylic acids is 1. The fourth-order valence-corrected chi connectivity index (χ4v) is 2.08. The average Bonchev–Trinajstić information content (AvgIpc) is 2.99. The summed E-state index contributed by atoms with van der Waals surface area (Å²) >= 11 is 3.36. The highest BCUT2D eigenvalue weighted by Gasteiger charge is 2.29. The zero-order valence-corrected chi connectivity index (χ0v) is 10.5. The second-order valence-corrected chi connectivity index (χ2v) is 5.18. The van der Waals surface area contributed by atoms with E-state index in [1.807, 2.05) is 24.3 Å². The van der Waals surface area contributed by atoms with Crippen LogP contribution in [-0.2, 0) is 4.79 Å². The molecule has 4 heteroatoms. The monoisotopic (exact) mass is 282 g/mol. The van der Waals surface area contributed by atoms with Crippen LogP contribution in [-0.4, -0.2) is 11.9 Å². The van der Waals surface area contributed by atoms with Crippen molar-refractivity contribution in [3.63, 3.8) is 0 Å². The van der Waals surface area contributed by atoms with E-state index in [0.29, 0.717) is 12.3 Å². The van der Waals surface area contributed by atoms with Crippen molar-refractivity contribution in [3.8, 4) is 0 Å². The Hall–Kier alpha value is -0.870. The highest BCUT2D eigenvalue weighted by atomic mass is 79.9. The molecule has 0 bridgehead atoms. The van der Waals surface area contributed by atoms with Crippen molar-refractivity contribution in [1.82, 2.24) is 0 Å². The minimum atomic E-state index is -0.00231. The summed E-state index contributed by atoms with van der Waals surface area (Å²) in [6.45, 7) is 0. The first kappa shape index (κ1) is 11.6. The van der Waals surface area contributed by atoms with Crippen molar-refractivity contribution in [2.45, 2.75) is 25.3 Å². The van der Waals surface area contributed by atoms with Crippen LogP contribution in [0.1, 0.15) is 19.3 Å². The van der Waals surface area contributed by atoms with Crippen LogP contribution in [0.2, 0.25) is 0 Å². The van der Waals surface area contributed by atoms with E-state index in [0.717, 1.165) is 10.2 Å². The first-order valence-corrected chi connectivity index (χ1v) is 6.25. The van der Waals surface area contributed by atoms with Crippen molar-refractivity contribution >= 4 is 27.5 Å². The summed E-state index contributed by atoms with van der Waals surface area (Å²) in [7, 11) is 0. The third-order valence-corrected chi connectivity index (χ3v) is 3.25. The van der Waals surface area contributed by atoms with E-state index in [9.17, 15) is 4.79 Å². The number of rotatable bonds is 4. The number of hydrogen-bond acceptors (Lipinski definition) is 2. The van der Waals surface area contributed by atoms with Gasteiger partial charge in [-0.25, -0.2) is 0 Å². The van der Waals surface area contributed by atoms with Crippen LogP contribution < -0.4 is 11.1 Å². The Balaban J connectivity index is 1.86. The smallest absolute Gasteiger partial charge is 0.225 e. The van der Waals surface area contributed by atoms with Crippen LogP contribution in [0, 0.1) is 5.92 Å². The van der Waals surface area contributed by atoms with Gasteiger partial charge in [0.25, 0.3) is 0 Å². The van der Waals surface area contributed by atoms with Crippen LogP contribution in [0.3, 0.4) is 0 Å². The predicted octanol–water partition coefficient (Wildman–Crippen LogP) is 2.52. The normalized spacial score (nSPS) is 16.9. The molecule has 1 aliphatic carbocycles. The maximum Gasteiger partial charge on any atom is 0.225 e. The summed E-state index contributed by atoms with van der Waals surface area (Å²) < 4.78 is 0.955. The standard InChI is InChI=1S/C12H15BrN2O/c13-9-2-1-3-10(6-9)15-12(16)7-11(14)8-4-5-8/h1-3,6,8,11H,4-5,7,14H2,(H,15,16). The number of amides is 1. The Kier molecular flexibility index (Phi) is 3.61. The molecule has 1 saturated carbocycles. The molecule has 1 unspecified atom stereocenters. The van der Waals surface area contributed by atoms with Gasteiger partial charge in [0.2, 0.25) is 5.91 Å². The largest absolute Gasteiger partial charge is 0.327 e. The third-order valence-electron chi connectivity index (χ3n) is 2.76. The van der Waals surface area contributed by atoms with Gasteiger partial charge in [-0.2, -0.15) is 0 Å². The lowest BCUT2D eigenvalue weighted by Crippen LogP contribution is -2.28. The molecule has 0 saturated heterocycles. The molecule has 0 aliphatic heterocycles. The molecule has 16 heavy (non-hydrogen) atoms. The minimum absolute atomic E-state index is 0.00231. The molecule has 1 amide bonds. The Morgan fingerprint density at radius 3 is 2.94 bits per heavy atom. The van der Waals surface area contributed by atoms with E-state index in [1.165, 1.54) is 12.8 Å². The number of carbonyl (C=O) groups is 1. The van der Waals surface area contributed by atoms with Crippen molar-refractivity contribution < 1.29 is 4.79 Å². The first-order valence-electron chi connectivity index (χ1n) is 5.46. The van der Waals surface area contributed by atoms with Crippen molar-refractivity contribution in [1.29, 1.82) is 0 Å². The van der Waals surface area contributed by atoms with Gasteiger partial charge >= 0.3 is 0 Å². The molecular weight excluding hydrogens is 268 g/mol. The predicted molar refractivity (Wildman–Crippen MR) is 68.1 cm³/mol. The highest BCUT2D eigenvalue weighted by molar-refractivity contribution is 9.10. The van der Waals surface area contributed by atoms with Crippen molar-refractivity contribution in [2.24, 2.45) is 11.7 Å². The number of halogens is 1. The zero-order chi connectivity index (χ0) is 11.5. The van der Waals surface area contributed by atoms with Gasteiger partial charge in [-0.05, 0) is 37.0 Å². The second kappa shape index (κ2) is 4.97. The van der Waals surface area contributed by atoms with Crippen LogP contribution in [0.25, 0.3) is 0 Å². The van der Waals surface area contributed by atoms with Gasteiger partial charge in [0, 0.05) is 22.6 Å². The summed E-state index contributed by atoms with van der Waals surface area (Å²) in [5.74, 6) is 0.561. The quantitative estimate of drug-likeness (QED) is 0.892. The van der Waals surface area contributed by atoms with E-state index in [1.54, 1.807) is 0 Å². The van der Waals surface area contributed by atoms with E-state index in [4.69, 9.17) is 5.73 Å². The first-order chi connectivity index (χ1) is 7.65. The Bertz CT molecular complexity index is 390. The Labute approximate surface area is 104 Å². The SMILES string of the molecule is NC(CC(=O)Nc1cccc(Br)c1)C1CC1. The Morgan fingerprint density at radius 2 is 2.31 bits per heavy atom. The summed E-state index contributed by atoms with van der Waals surface area (Å²) in [5, 5.41) is 2.85. The lowest BCUT2D eigenvalue weighted by atomic mass is 10.1. The molecule has 1 atom stereocenters. The second-order valence-electron chi connectivity index (χ2n) is 4.26. The van der Waals surface area contributed by atoms with E-state index >= 15 is 0 Å². The highest BCUT2D eigenvalue weighted by Crippen LogP contribution is 2.32. The minimum Gasteiger partial charge on any atom is -0.327 e. The lowest BCUT2D eigenvalue weighted by molar-refractivity contribution is -0.116. The third kappa shape index (κ3) is 3.32. The van der Waals surface area contributed by atoms with Gasteiger partial charge in [0.1, 0.15) is 0 Å². The molecule has 2 rings (SSSR count). The number of hydrogen-bond donors (Lipinski definition) is 2. The number of nitrogens with one attached hydrogen (secondary N) is 1. The van der Waals surface area contributed by atoms with E-state index in [-0.39, 0.29) is 11.9 Å². The lowest BCUT2D eigenvalue weighted by Gasteiger charge is -2.10. The zero-order valence-electron chi connectivity index (χ0n) is 8.95. The van der Waals surface area contributed by atoms with Gasteiger partial charge in [-0.15, -0.1) is 0 Å². The van der Waals surface area contributed by atoms with Crippen molar-refractivity contribution in [2.75, 3.05) is 5.32 Å². The van der Waals surface area contributed by atoms with Crippen LogP contribution >= 0.6 is 15.9 Å². The molecule has 86 valence electrons. The maximum absolute atomic E-state index is 11.7. The van der Waals surface area contributed by atoms with Gasteiger partial charge in [0.05, 0.1) is 0 Å². The van der Waals surface area contributed by atoms with E-state index in [2.05, 4.69) is 21.2 Å². The summed E-state index contributed by atoms with van der Waals surface area (Å²) in [6.07, 6.45) is 2.76. The number of anilines is 1. The van der Waals surface area contributed by atoms with Crippen LogP contribution in [0.5, 0.6) is 0 Å². The molecule has 3 nitrogen and oxygen atoms in total. The van der Waals surface area contributed by atoms with Gasteiger partial charge in [-0.3, -0.25) is 4.79 Å².